The van der Waals surface area contributed by atoms with Gasteiger partial charge in [0.2, 0.25) is 5.91 Å². The average Bonchev–Trinajstić information content (AvgIpc) is 3.13. The van der Waals surface area contributed by atoms with Crippen molar-refractivity contribution in [2.45, 2.75) is 19.4 Å². The average molecular weight is 379 g/mol. The minimum atomic E-state index is -0.776. The second-order valence-electron chi connectivity index (χ2n) is 6.76. The van der Waals surface area contributed by atoms with E-state index >= 15 is 0 Å². The first kappa shape index (κ1) is 18.7. The van der Waals surface area contributed by atoms with E-state index in [1.807, 2.05) is 79.9 Å². The van der Waals surface area contributed by atoms with E-state index < -0.39 is 5.54 Å². The van der Waals surface area contributed by atoms with Crippen molar-refractivity contribution >= 4 is 34.5 Å². The number of hydrogen-bond acceptors (Lipinski definition) is 4. The molecule has 0 saturated carbocycles. The lowest BCUT2D eigenvalue weighted by Gasteiger charge is -2.26. The molecule has 1 heterocycles. The molecule has 0 aliphatic carbocycles. The molecule has 5 nitrogen and oxygen atoms in total. The topological polar surface area (TPSA) is 91.0 Å². The Bertz CT molecular complexity index is 963. The van der Waals surface area contributed by atoms with Gasteiger partial charge in [0.05, 0.1) is 4.88 Å². The summed E-state index contributed by atoms with van der Waals surface area (Å²) in [5.41, 5.74) is 8.31. The fourth-order valence-electron chi connectivity index (χ4n) is 2.63. The van der Waals surface area contributed by atoms with Gasteiger partial charge in [-0.2, -0.15) is 0 Å². The molecule has 0 saturated heterocycles. The third kappa shape index (κ3) is 4.54. The summed E-state index contributed by atoms with van der Waals surface area (Å²) in [4.78, 5) is 13.5. The van der Waals surface area contributed by atoms with Crippen LogP contribution in [-0.2, 0) is 4.79 Å². The molecule has 138 valence electrons. The summed E-state index contributed by atoms with van der Waals surface area (Å²) in [5, 5.41) is 15.7. The molecule has 0 unspecified atom stereocenters. The number of rotatable bonds is 6. The summed E-state index contributed by atoms with van der Waals surface area (Å²) in [6, 6.07) is 19.2. The van der Waals surface area contributed by atoms with Crippen molar-refractivity contribution in [1.29, 1.82) is 5.41 Å². The van der Waals surface area contributed by atoms with E-state index in [-0.39, 0.29) is 11.7 Å². The highest BCUT2D eigenvalue weighted by Crippen LogP contribution is 2.28. The van der Waals surface area contributed by atoms with Crippen molar-refractivity contribution in [3.05, 3.63) is 70.9 Å². The summed E-state index contributed by atoms with van der Waals surface area (Å²) < 4.78 is 0. The first-order chi connectivity index (χ1) is 12.8. The van der Waals surface area contributed by atoms with Gasteiger partial charge < -0.3 is 16.4 Å². The predicted molar refractivity (Wildman–Crippen MR) is 114 cm³/mol. The molecular weight excluding hydrogens is 356 g/mol. The highest BCUT2D eigenvalue weighted by atomic mass is 32.1. The van der Waals surface area contributed by atoms with Gasteiger partial charge in [-0.25, -0.2) is 0 Å². The van der Waals surface area contributed by atoms with Gasteiger partial charge in [-0.3, -0.25) is 10.2 Å². The molecule has 5 N–H and O–H groups in total. The van der Waals surface area contributed by atoms with Crippen LogP contribution in [0, 0.1) is 5.41 Å². The van der Waals surface area contributed by atoms with Crippen molar-refractivity contribution in [1.82, 2.24) is 0 Å². The molecule has 0 aliphatic heterocycles. The lowest BCUT2D eigenvalue weighted by atomic mass is 10.0. The zero-order valence-electron chi connectivity index (χ0n) is 15.2. The van der Waals surface area contributed by atoms with E-state index in [1.54, 1.807) is 0 Å². The molecule has 27 heavy (non-hydrogen) atoms. The maximum atomic E-state index is 12.8. The largest absolute Gasteiger partial charge is 0.383 e. The summed E-state index contributed by atoms with van der Waals surface area (Å²) in [5.74, 6) is -0.0670. The number of para-hydroxylation sites is 1. The van der Waals surface area contributed by atoms with Crippen LogP contribution in [0.25, 0.3) is 11.1 Å². The van der Waals surface area contributed by atoms with Crippen molar-refractivity contribution in [3.63, 3.8) is 0 Å². The minimum absolute atomic E-state index is 0.0597. The Morgan fingerprint density at radius 3 is 2.37 bits per heavy atom. The molecule has 0 spiro atoms. The lowest BCUT2D eigenvalue weighted by Crippen LogP contribution is -2.44. The number of hydrogen-bond donors (Lipinski definition) is 4. The third-order valence-corrected chi connectivity index (χ3v) is 5.08. The van der Waals surface area contributed by atoms with E-state index in [0.717, 1.165) is 27.4 Å². The van der Waals surface area contributed by atoms with Gasteiger partial charge in [-0.15, -0.1) is 11.3 Å². The third-order valence-electron chi connectivity index (χ3n) is 4.12. The highest BCUT2D eigenvalue weighted by molar-refractivity contribution is 7.12. The van der Waals surface area contributed by atoms with Crippen molar-refractivity contribution in [3.8, 4) is 11.1 Å². The zero-order valence-corrected chi connectivity index (χ0v) is 16.1. The van der Waals surface area contributed by atoms with Crippen LogP contribution in [0.15, 0.2) is 66.0 Å². The number of amidine groups is 1. The number of nitrogens with two attached hydrogens (primary N) is 1. The number of carbonyl (C=O) groups excluding carboxylic acids is 1. The van der Waals surface area contributed by atoms with Crippen LogP contribution in [0.3, 0.4) is 0 Å². The van der Waals surface area contributed by atoms with Crippen LogP contribution < -0.4 is 16.4 Å². The lowest BCUT2D eigenvalue weighted by molar-refractivity contribution is -0.119. The van der Waals surface area contributed by atoms with Gasteiger partial charge in [-0.1, -0.05) is 30.3 Å². The molecule has 3 aromatic rings. The van der Waals surface area contributed by atoms with Crippen LogP contribution in [-0.4, -0.2) is 17.3 Å². The van der Waals surface area contributed by atoms with Gasteiger partial charge in [-0.05, 0) is 60.7 Å². The van der Waals surface area contributed by atoms with Crippen LogP contribution in [0.2, 0.25) is 0 Å². The quantitative estimate of drug-likeness (QED) is 0.375. The van der Waals surface area contributed by atoms with E-state index in [1.165, 1.54) is 11.3 Å². The number of amides is 1. The Morgan fingerprint density at radius 2 is 1.70 bits per heavy atom. The van der Waals surface area contributed by atoms with Gasteiger partial charge in [0, 0.05) is 11.4 Å². The fraction of sp³-hybridized carbons (Fsp3) is 0.143. The Labute approximate surface area is 162 Å². The van der Waals surface area contributed by atoms with Crippen molar-refractivity contribution in [2.75, 3.05) is 10.6 Å². The molecule has 0 atom stereocenters. The summed E-state index contributed by atoms with van der Waals surface area (Å²) >= 11 is 1.43. The normalized spacial score (nSPS) is 11.0. The van der Waals surface area contributed by atoms with Crippen LogP contribution in [0.1, 0.15) is 18.7 Å². The summed E-state index contributed by atoms with van der Waals surface area (Å²) in [7, 11) is 0. The summed E-state index contributed by atoms with van der Waals surface area (Å²) in [6.45, 7) is 3.69. The van der Waals surface area contributed by atoms with Crippen LogP contribution in [0.5, 0.6) is 0 Å². The summed E-state index contributed by atoms with van der Waals surface area (Å²) in [6.07, 6.45) is 0. The Kier molecular flexibility index (Phi) is 5.28. The van der Waals surface area contributed by atoms with E-state index in [9.17, 15) is 4.79 Å². The SMILES string of the molecule is CC(C)(Nc1ccccc1)C(=O)Nc1cccc(-c2csc(C(=N)N)c2)c1. The van der Waals surface area contributed by atoms with Gasteiger partial charge >= 0.3 is 0 Å². The van der Waals surface area contributed by atoms with E-state index in [0.29, 0.717) is 0 Å². The molecule has 0 radical (unpaired) electrons. The molecule has 0 bridgehead atoms. The molecule has 0 fully saturated rings. The molecule has 0 aliphatic rings. The molecule has 2 aromatic carbocycles. The first-order valence-electron chi connectivity index (χ1n) is 8.53. The smallest absolute Gasteiger partial charge is 0.249 e. The van der Waals surface area contributed by atoms with Gasteiger partial charge in [0.1, 0.15) is 11.4 Å². The van der Waals surface area contributed by atoms with Crippen LogP contribution >= 0.6 is 11.3 Å². The number of carbonyl (C=O) groups is 1. The van der Waals surface area contributed by atoms with Crippen LogP contribution in [0.4, 0.5) is 11.4 Å². The van der Waals surface area contributed by atoms with Crippen molar-refractivity contribution in [2.24, 2.45) is 5.73 Å². The highest BCUT2D eigenvalue weighted by Gasteiger charge is 2.27. The van der Waals surface area contributed by atoms with E-state index in [2.05, 4.69) is 10.6 Å². The van der Waals surface area contributed by atoms with Gasteiger partial charge in [0.25, 0.3) is 0 Å². The monoisotopic (exact) mass is 378 g/mol. The molecule has 6 heteroatoms. The number of thiophene rings is 1. The Morgan fingerprint density at radius 1 is 1.00 bits per heavy atom. The number of anilines is 2. The number of benzene rings is 2. The minimum Gasteiger partial charge on any atom is -0.383 e. The molecule has 1 aromatic heterocycles. The zero-order chi connectivity index (χ0) is 19.4. The fourth-order valence-corrected chi connectivity index (χ4v) is 3.41. The number of nitrogen functional groups attached to an aromatic ring is 1. The molecule has 1 amide bonds. The second-order valence-corrected chi connectivity index (χ2v) is 7.68. The molecule has 3 rings (SSSR count). The van der Waals surface area contributed by atoms with Gasteiger partial charge in [0.15, 0.2) is 0 Å². The predicted octanol–water partition coefficient (Wildman–Crippen LogP) is 4.53. The second kappa shape index (κ2) is 7.63. The Hall–Kier alpha value is -3.12. The van der Waals surface area contributed by atoms with E-state index in [4.69, 9.17) is 11.1 Å². The Balaban J connectivity index is 1.75. The van der Waals surface area contributed by atoms with Crippen molar-refractivity contribution < 1.29 is 4.79 Å². The maximum absolute atomic E-state index is 12.8. The number of nitrogens with one attached hydrogen (secondary N) is 3. The maximum Gasteiger partial charge on any atom is 0.249 e. The first-order valence-corrected chi connectivity index (χ1v) is 9.41. The standard InChI is InChI=1S/C21H22N4OS/c1-21(2,25-16-8-4-3-5-9-16)20(26)24-17-10-6-7-14(11-17)15-12-18(19(22)23)27-13-15/h3-13,25H,1-2H3,(H3,22,23)(H,24,26). The molecular formula is C21H22N4OS.